The number of halogens is 1. The van der Waals surface area contributed by atoms with E-state index in [1.807, 2.05) is 6.92 Å². The molecule has 124 valence electrons. The van der Waals surface area contributed by atoms with Gasteiger partial charge in [0.05, 0.1) is 7.11 Å². The van der Waals surface area contributed by atoms with Crippen molar-refractivity contribution in [1.82, 2.24) is 0 Å². The molecular formula is C19H23FO3. The molecule has 2 atom stereocenters. The second-order valence-corrected chi connectivity index (χ2v) is 7.03. The molecule has 4 heteroatoms. The predicted octanol–water partition coefficient (Wildman–Crippen LogP) is 4.33. The van der Waals surface area contributed by atoms with Crippen LogP contribution in [0.4, 0.5) is 4.39 Å². The van der Waals surface area contributed by atoms with Crippen molar-refractivity contribution in [2.75, 3.05) is 7.11 Å². The summed E-state index contributed by atoms with van der Waals surface area (Å²) in [7, 11) is 1.36. The van der Waals surface area contributed by atoms with E-state index in [2.05, 4.69) is 20.8 Å². The lowest BCUT2D eigenvalue weighted by Crippen LogP contribution is -2.33. The summed E-state index contributed by atoms with van der Waals surface area (Å²) in [5, 5.41) is 9.72. The summed E-state index contributed by atoms with van der Waals surface area (Å²) < 4.78 is 19.2. The molecule has 0 saturated heterocycles. The first-order valence-corrected chi connectivity index (χ1v) is 7.65. The van der Waals surface area contributed by atoms with Crippen molar-refractivity contribution < 1.29 is 19.0 Å². The number of allylic oxidation sites excluding steroid dienone is 3. The summed E-state index contributed by atoms with van der Waals surface area (Å²) in [5.41, 5.74) is 1.54. The number of carbonyl (C=O) groups is 1. The lowest BCUT2D eigenvalue weighted by atomic mass is 9.64. The first-order chi connectivity index (χ1) is 10.7. The minimum absolute atomic E-state index is 0.0188. The molecule has 0 saturated carbocycles. The third-order valence-electron chi connectivity index (χ3n) is 4.38. The highest BCUT2D eigenvalue weighted by atomic mass is 19.1. The Morgan fingerprint density at radius 3 is 2.48 bits per heavy atom. The van der Waals surface area contributed by atoms with E-state index in [4.69, 9.17) is 4.74 Å². The Bertz CT molecular complexity index is 680. The Balaban J connectivity index is 2.63. The van der Waals surface area contributed by atoms with E-state index >= 15 is 0 Å². The molecule has 0 aromatic heterocycles. The van der Waals surface area contributed by atoms with Gasteiger partial charge in [-0.25, -0.2) is 9.18 Å². The molecule has 2 rings (SSSR count). The quantitative estimate of drug-likeness (QED) is 0.826. The number of carbonyl (C=O) groups excluding carboxylic acids is 1. The number of esters is 1. The molecule has 1 N–H and O–H groups in total. The van der Waals surface area contributed by atoms with Gasteiger partial charge < -0.3 is 9.84 Å². The van der Waals surface area contributed by atoms with Crippen molar-refractivity contribution in [3.05, 3.63) is 47.3 Å². The molecule has 0 aliphatic heterocycles. The van der Waals surface area contributed by atoms with E-state index < -0.39 is 0 Å². The molecular weight excluding hydrogens is 295 g/mol. The van der Waals surface area contributed by atoms with Crippen LogP contribution in [-0.2, 0) is 9.53 Å². The van der Waals surface area contributed by atoms with Gasteiger partial charge in [-0.2, -0.15) is 0 Å². The van der Waals surface area contributed by atoms with Crippen molar-refractivity contribution in [2.24, 2.45) is 17.3 Å². The molecule has 0 heterocycles. The molecule has 23 heavy (non-hydrogen) atoms. The minimum atomic E-state index is -0.384. The van der Waals surface area contributed by atoms with E-state index in [1.165, 1.54) is 25.3 Å². The maximum atomic E-state index is 14.3. The largest absolute Gasteiger partial charge is 0.508 e. The maximum absolute atomic E-state index is 14.3. The van der Waals surface area contributed by atoms with Gasteiger partial charge in [0.25, 0.3) is 0 Å². The number of phenols is 1. The summed E-state index contributed by atoms with van der Waals surface area (Å²) in [5.74, 6) is -0.934. The zero-order valence-corrected chi connectivity index (χ0v) is 14.2. The number of phenolic OH excluding ortho intramolecular Hbond substituents is 1. The third-order valence-corrected chi connectivity index (χ3v) is 4.38. The van der Waals surface area contributed by atoms with Crippen molar-refractivity contribution in [1.29, 1.82) is 0 Å². The van der Waals surface area contributed by atoms with Crippen LogP contribution in [0.2, 0.25) is 0 Å². The molecule has 1 aliphatic rings. The van der Waals surface area contributed by atoms with E-state index in [1.54, 1.807) is 12.2 Å². The first-order valence-electron chi connectivity index (χ1n) is 7.65. The van der Waals surface area contributed by atoms with Gasteiger partial charge in [-0.05, 0) is 41.0 Å². The SMILES string of the molecule is COC(=O)C1=CC=C(c2cc(O)ccc2F)C(C(C)(C)C)C1C. The van der Waals surface area contributed by atoms with Gasteiger partial charge >= 0.3 is 5.97 Å². The van der Waals surface area contributed by atoms with Crippen LogP contribution >= 0.6 is 0 Å². The highest BCUT2D eigenvalue weighted by molar-refractivity contribution is 5.91. The molecule has 1 aliphatic carbocycles. The Morgan fingerprint density at radius 1 is 1.26 bits per heavy atom. The van der Waals surface area contributed by atoms with Crippen LogP contribution in [-0.4, -0.2) is 18.2 Å². The van der Waals surface area contributed by atoms with Crippen LogP contribution < -0.4 is 0 Å². The van der Waals surface area contributed by atoms with Gasteiger partial charge in [0.15, 0.2) is 0 Å². The summed E-state index contributed by atoms with van der Waals surface area (Å²) in [6.07, 6.45) is 3.46. The predicted molar refractivity (Wildman–Crippen MR) is 88.2 cm³/mol. The molecule has 2 unspecified atom stereocenters. The van der Waals surface area contributed by atoms with Crippen molar-refractivity contribution in [3.8, 4) is 5.75 Å². The number of aromatic hydroxyl groups is 1. The van der Waals surface area contributed by atoms with Crippen LogP contribution in [0.1, 0.15) is 33.3 Å². The Hall–Kier alpha value is -2.10. The Labute approximate surface area is 136 Å². The highest BCUT2D eigenvalue weighted by Crippen LogP contribution is 2.47. The lowest BCUT2D eigenvalue weighted by Gasteiger charge is -2.40. The Kier molecular flexibility index (Phi) is 4.64. The second kappa shape index (κ2) is 6.19. The molecule has 0 spiro atoms. The highest BCUT2D eigenvalue weighted by Gasteiger charge is 2.39. The fourth-order valence-corrected chi connectivity index (χ4v) is 3.46. The van der Waals surface area contributed by atoms with Gasteiger partial charge in [0.2, 0.25) is 0 Å². The van der Waals surface area contributed by atoms with Gasteiger partial charge in [0, 0.05) is 11.1 Å². The molecule has 1 aromatic carbocycles. The zero-order valence-electron chi connectivity index (χ0n) is 14.2. The lowest BCUT2D eigenvalue weighted by molar-refractivity contribution is -0.136. The zero-order chi connectivity index (χ0) is 17.4. The Morgan fingerprint density at radius 2 is 1.91 bits per heavy atom. The number of rotatable bonds is 2. The minimum Gasteiger partial charge on any atom is -0.508 e. The van der Waals surface area contributed by atoms with Crippen LogP contribution in [0, 0.1) is 23.1 Å². The van der Waals surface area contributed by atoms with Crippen LogP contribution in [0.3, 0.4) is 0 Å². The normalized spacial score (nSPS) is 21.5. The number of hydrogen-bond acceptors (Lipinski definition) is 3. The fraction of sp³-hybridized carbons (Fsp3) is 0.421. The number of ether oxygens (including phenoxy) is 1. The molecule has 3 nitrogen and oxygen atoms in total. The van der Waals surface area contributed by atoms with Gasteiger partial charge in [-0.1, -0.05) is 39.8 Å². The van der Waals surface area contributed by atoms with Crippen LogP contribution in [0.5, 0.6) is 5.75 Å². The van der Waals surface area contributed by atoms with Gasteiger partial charge in [-0.3, -0.25) is 0 Å². The van der Waals surface area contributed by atoms with E-state index in [9.17, 15) is 14.3 Å². The number of hydrogen-bond donors (Lipinski definition) is 1. The fourth-order valence-electron chi connectivity index (χ4n) is 3.46. The van der Waals surface area contributed by atoms with E-state index in [0.29, 0.717) is 11.1 Å². The average molecular weight is 318 g/mol. The van der Waals surface area contributed by atoms with Crippen molar-refractivity contribution >= 4 is 11.5 Å². The van der Waals surface area contributed by atoms with Gasteiger partial charge in [-0.15, -0.1) is 0 Å². The number of benzene rings is 1. The summed E-state index contributed by atoms with van der Waals surface area (Å²) in [6.45, 7) is 8.13. The molecule has 0 radical (unpaired) electrons. The van der Waals surface area contributed by atoms with Crippen molar-refractivity contribution in [3.63, 3.8) is 0 Å². The second-order valence-electron chi connectivity index (χ2n) is 7.03. The maximum Gasteiger partial charge on any atom is 0.334 e. The number of methoxy groups -OCH3 is 1. The summed E-state index contributed by atoms with van der Waals surface area (Å²) in [6, 6.07) is 4.02. The monoisotopic (exact) mass is 318 g/mol. The average Bonchev–Trinajstić information content (AvgIpc) is 2.47. The van der Waals surface area contributed by atoms with Crippen LogP contribution in [0.15, 0.2) is 35.9 Å². The third kappa shape index (κ3) is 3.31. The van der Waals surface area contributed by atoms with E-state index in [0.717, 1.165) is 5.57 Å². The van der Waals surface area contributed by atoms with Crippen molar-refractivity contribution in [2.45, 2.75) is 27.7 Å². The standard InChI is InChI=1S/C19H23FO3/c1-11-13(18(22)23-5)7-8-14(17(11)19(2,3)4)15-10-12(21)6-9-16(15)20/h6-11,17,21H,1-5H3. The summed E-state index contributed by atoms with van der Waals surface area (Å²) >= 11 is 0. The van der Waals surface area contributed by atoms with Crippen LogP contribution in [0.25, 0.3) is 5.57 Å². The smallest absolute Gasteiger partial charge is 0.334 e. The molecule has 0 amide bonds. The summed E-state index contributed by atoms with van der Waals surface area (Å²) in [4.78, 5) is 12.0. The van der Waals surface area contributed by atoms with E-state index in [-0.39, 0.29) is 34.8 Å². The molecule has 0 bridgehead atoms. The first kappa shape index (κ1) is 17.3. The molecule has 0 fully saturated rings. The molecule has 1 aromatic rings. The van der Waals surface area contributed by atoms with Gasteiger partial charge in [0.1, 0.15) is 11.6 Å². The topological polar surface area (TPSA) is 46.5 Å².